The highest BCUT2D eigenvalue weighted by molar-refractivity contribution is 7.99. The molecule has 0 saturated carbocycles. The molecule has 0 atom stereocenters. The molecule has 0 aliphatic rings. The first-order valence-electron chi connectivity index (χ1n) is 5.53. The topological polar surface area (TPSA) is 77.5 Å². The summed E-state index contributed by atoms with van der Waals surface area (Å²) in [4.78, 5) is 26.8. The molecule has 0 aromatic carbocycles. The van der Waals surface area contributed by atoms with Gasteiger partial charge in [0.25, 0.3) is 0 Å². The number of carbonyl (C=O) groups is 2. The van der Waals surface area contributed by atoms with Gasteiger partial charge in [0.05, 0.1) is 31.6 Å². The van der Waals surface area contributed by atoms with E-state index in [-0.39, 0.29) is 18.3 Å². The van der Waals surface area contributed by atoms with E-state index in [9.17, 15) is 9.59 Å². The van der Waals surface area contributed by atoms with Gasteiger partial charge in [0.1, 0.15) is 0 Å². The molecule has 1 rings (SSSR count). The molecular weight excluding hydrogens is 288 g/mol. The van der Waals surface area contributed by atoms with Crippen molar-refractivity contribution in [1.29, 1.82) is 0 Å². The number of nitrogens with one attached hydrogen (secondary N) is 1. The maximum absolute atomic E-state index is 11.6. The fraction of sp³-hybridized carbons (Fsp3) is 0.545. The second-order valence-corrected chi connectivity index (χ2v) is 5.45. The van der Waals surface area contributed by atoms with Crippen molar-refractivity contribution in [1.82, 2.24) is 4.98 Å². The summed E-state index contributed by atoms with van der Waals surface area (Å²) in [7, 11) is 2.95. The zero-order valence-corrected chi connectivity index (χ0v) is 12.4. The average molecular weight is 304 g/mol. The Morgan fingerprint density at radius 2 is 2.26 bits per heavy atom. The summed E-state index contributed by atoms with van der Waals surface area (Å²) in [6.07, 6.45) is 0.117. The van der Waals surface area contributed by atoms with Crippen molar-refractivity contribution in [3.8, 4) is 0 Å². The van der Waals surface area contributed by atoms with Crippen LogP contribution in [0.25, 0.3) is 0 Å². The number of nitrogens with zero attached hydrogens (tertiary/aromatic N) is 1. The number of hydrogen-bond acceptors (Lipinski definition) is 7. The lowest BCUT2D eigenvalue weighted by Crippen LogP contribution is -2.15. The summed E-state index contributed by atoms with van der Waals surface area (Å²) < 4.78 is 9.43. The minimum atomic E-state index is -0.349. The minimum Gasteiger partial charge on any atom is -0.469 e. The Morgan fingerprint density at radius 3 is 2.95 bits per heavy atom. The lowest BCUT2D eigenvalue weighted by Gasteiger charge is -2.01. The predicted octanol–water partition coefficient (Wildman–Crippen LogP) is 1.18. The van der Waals surface area contributed by atoms with Crippen LogP contribution in [0, 0.1) is 0 Å². The van der Waals surface area contributed by atoms with E-state index >= 15 is 0 Å². The number of hydrogen-bond donors (Lipinski definition) is 1. The summed E-state index contributed by atoms with van der Waals surface area (Å²) >= 11 is 2.78. The van der Waals surface area contributed by atoms with Crippen molar-refractivity contribution in [2.45, 2.75) is 6.42 Å². The van der Waals surface area contributed by atoms with Crippen LogP contribution < -0.4 is 5.32 Å². The van der Waals surface area contributed by atoms with Gasteiger partial charge in [-0.3, -0.25) is 9.59 Å². The third-order valence-corrected chi connectivity index (χ3v) is 3.74. The van der Waals surface area contributed by atoms with Gasteiger partial charge in [-0.25, -0.2) is 4.98 Å². The van der Waals surface area contributed by atoms with Crippen molar-refractivity contribution in [3.05, 3.63) is 11.1 Å². The van der Waals surface area contributed by atoms with Gasteiger partial charge in [-0.05, 0) is 0 Å². The maximum Gasteiger partial charge on any atom is 0.311 e. The Morgan fingerprint density at radius 1 is 1.47 bits per heavy atom. The van der Waals surface area contributed by atoms with Crippen LogP contribution >= 0.6 is 23.1 Å². The number of carbonyl (C=O) groups excluding carboxylic acids is 2. The van der Waals surface area contributed by atoms with Gasteiger partial charge >= 0.3 is 5.97 Å². The molecule has 0 fully saturated rings. The second kappa shape index (κ2) is 8.89. The molecule has 1 heterocycles. The first kappa shape index (κ1) is 15.9. The minimum absolute atomic E-state index is 0.111. The standard InChI is InChI=1S/C11H16N2O4S2/c1-16-3-4-18-7-9(14)13-11-12-8(6-19-11)5-10(15)17-2/h6H,3-5,7H2,1-2H3,(H,12,13,14). The molecule has 8 heteroatoms. The van der Waals surface area contributed by atoms with E-state index < -0.39 is 0 Å². The molecule has 0 aliphatic heterocycles. The molecule has 0 radical (unpaired) electrons. The third kappa shape index (κ3) is 6.55. The van der Waals surface area contributed by atoms with Gasteiger partial charge in [0, 0.05) is 18.2 Å². The molecule has 1 N–H and O–H groups in total. The Balaban J connectivity index is 2.32. The lowest BCUT2D eigenvalue weighted by atomic mass is 10.3. The van der Waals surface area contributed by atoms with Gasteiger partial charge in [-0.1, -0.05) is 0 Å². The smallest absolute Gasteiger partial charge is 0.311 e. The van der Waals surface area contributed by atoms with Crippen molar-refractivity contribution in [3.63, 3.8) is 0 Å². The molecule has 106 valence electrons. The summed E-state index contributed by atoms with van der Waals surface area (Å²) in [5, 5.41) is 4.91. The monoisotopic (exact) mass is 304 g/mol. The molecular formula is C11H16N2O4S2. The number of anilines is 1. The predicted molar refractivity (Wildman–Crippen MR) is 75.7 cm³/mol. The quantitative estimate of drug-likeness (QED) is 0.574. The molecule has 0 unspecified atom stereocenters. The van der Waals surface area contributed by atoms with Gasteiger partial charge in [0.2, 0.25) is 5.91 Å². The number of ether oxygens (including phenoxy) is 2. The zero-order valence-electron chi connectivity index (χ0n) is 10.8. The number of aromatic nitrogens is 1. The van der Waals surface area contributed by atoms with E-state index in [0.717, 1.165) is 5.75 Å². The van der Waals surface area contributed by atoms with E-state index in [1.807, 2.05) is 0 Å². The molecule has 0 aliphatic carbocycles. The molecule has 1 aromatic heterocycles. The van der Waals surface area contributed by atoms with Crippen LogP contribution in [0.3, 0.4) is 0 Å². The number of thiazole rings is 1. The highest BCUT2D eigenvalue weighted by atomic mass is 32.2. The first-order valence-corrected chi connectivity index (χ1v) is 7.57. The summed E-state index contributed by atoms with van der Waals surface area (Å²) in [6.45, 7) is 0.623. The van der Waals surface area contributed by atoms with Gasteiger partial charge in [0.15, 0.2) is 5.13 Å². The fourth-order valence-electron chi connectivity index (χ4n) is 1.13. The first-order chi connectivity index (χ1) is 9.15. The van der Waals surface area contributed by atoms with Crippen molar-refractivity contribution in [2.75, 3.05) is 37.6 Å². The maximum atomic E-state index is 11.6. The van der Waals surface area contributed by atoms with Crippen LogP contribution in [0.1, 0.15) is 5.69 Å². The van der Waals surface area contributed by atoms with Crippen LogP contribution in [0.5, 0.6) is 0 Å². The number of thioether (sulfide) groups is 1. The molecule has 0 bridgehead atoms. The van der Waals surface area contributed by atoms with Gasteiger partial charge in [-0.2, -0.15) is 0 Å². The average Bonchev–Trinajstić information content (AvgIpc) is 2.81. The second-order valence-electron chi connectivity index (χ2n) is 3.49. The van der Waals surface area contributed by atoms with Crippen molar-refractivity contribution < 1.29 is 19.1 Å². The highest BCUT2D eigenvalue weighted by Gasteiger charge is 2.09. The van der Waals surface area contributed by atoms with Gasteiger partial charge in [-0.15, -0.1) is 23.1 Å². The molecule has 1 aromatic rings. The molecule has 0 spiro atoms. The fourth-order valence-corrected chi connectivity index (χ4v) is 2.54. The molecule has 19 heavy (non-hydrogen) atoms. The number of amides is 1. The Kier molecular flexibility index (Phi) is 7.46. The van der Waals surface area contributed by atoms with Crippen LogP contribution in [0.2, 0.25) is 0 Å². The summed E-state index contributed by atoms with van der Waals surface area (Å²) in [5.74, 6) is 0.670. The van der Waals surface area contributed by atoms with E-state index in [4.69, 9.17) is 4.74 Å². The van der Waals surface area contributed by atoms with Gasteiger partial charge < -0.3 is 14.8 Å². The van der Waals surface area contributed by atoms with E-state index in [0.29, 0.717) is 23.2 Å². The number of methoxy groups -OCH3 is 2. The normalized spacial score (nSPS) is 10.2. The number of esters is 1. The van der Waals surface area contributed by atoms with Crippen LogP contribution in [0.15, 0.2) is 5.38 Å². The molecule has 0 saturated heterocycles. The van der Waals surface area contributed by atoms with E-state index in [1.54, 1.807) is 12.5 Å². The summed E-state index contributed by atoms with van der Waals surface area (Å²) in [5.41, 5.74) is 0.596. The third-order valence-electron chi connectivity index (χ3n) is 2.02. The zero-order chi connectivity index (χ0) is 14.1. The van der Waals surface area contributed by atoms with E-state index in [1.165, 1.54) is 30.2 Å². The van der Waals surface area contributed by atoms with Crippen LogP contribution in [-0.2, 0) is 25.5 Å². The Hall–Kier alpha value is -1.12. The lowest BCUT2D eigenvalue weighted by molar-refractivity contribution is -0.139. The van der Waals surface area contributed by atoms with Crippen molar-refractivity contribution in [2.24, 2.45) is 0 Å². The summed E-state index contributed by atoms with van der Waals surface area (Å²) in [6, 6.07) is 0. The molecule has 6 nitrogen and oxygen atoms in total. The number of rotatable bonds is 8. The Bertz CT molecular complexity index is 423. The molecule has 1 amide bonds. The van der Waals surface area contributed by atoms with Crippen LogP contribution in [0.4, 0.5) is 5.13 Å². The van der Waals surface area contributed by atoms with E-state index in [2.05, 4.69) is 15.0 Å². The largest absolute Gasteiger partial charge is 0.469 e. The highest BCUT2D eigenvalue weighted by Crippen LogP contribution is 2.16. The SMILES string of the molecule is COCCSCC(=O)Nc1nc(CC(=O)OC)cs1. The van der Waals surface area contributed by atoms with Crippen LogP contribution in [-0.4, -0.2) is 49.2 Å². The van der Waals surface area contributed by atoms with Crippen molar-refractivity contribution >= 4 is 40.1 Å². The Labute approximate surface area is 119 Å².